The Morgan fingerprint density at radius 3 is 2.15 bits per heavy atom. The van der Waals surface area contributed by atoms with Crippen molar-refractivity contribution in [3.05, 3.63) is 119 Å². The van der Waals surface area contributed by atoms with E-state index in [-0.39, 0.29) is 16.7 Å². The largest absolute Gasteiger partial charge is 0.501 e. The molecule has 2 saturated heterocycles. The second-order valence-electron chi connectivity index (χ2n) is 19.5. The molecule has 0 bridgehead atoms. The third-order valence-electron chi connectivity index (χ3n) is 13.7. The van der Waals surface area contributed by atoms with Crippen molar-refractivity contribution < 1.29 is 34.8 Å². The molecule has 7 rings (SSSR count). The molecule has 368 valence electrons. The Morgan fingerprint density at radius 2 is 1.51 bits per heavy atom. The molecule has 2 fully saturated rings. The van der Waals surface area contributed by atoms with Gasteiger partial charge in [0.15, 0.2) is 0 Å². The first kappa shape index (κ1) is 51.8. The van der Waals surface area contributed by atoms with Crippen LogP contribution in [-0.2, 0) is 19.9 Å². The molecule has 2 N–H and O–H groups in total. The van der Waals surface area contributed by atoms with E-state index >= 15 is 0 Å². The number of likely N-dealkylation sites (tertiary alicyclic amines) is 1. The van der Waals surface area contributed by atoms with Crippen LogP contribution in [0.25, 0.3) is 5.57 Å². The Hall–Kier alpha value is -4.06. The van der Waals surface area contributed by atoms with E-state index in [9.17, 15) is 34.8 Å². The van der Waals surface area contributed by atoms with Crippen LogP contribution in [0.1, 0.15) is 82.1 Å². The minimum atomic E-state index is -6.05. The van der Waals surface area contributed by atoms with Gasteiger partial charge in [0.2, 0.25) is 0 Å². The highest BCUT2D eigenvalue weighted by atomic mass is 35.5. The number of piperazine rings is 1. The molecule has 0 aromatic heterocycles. The molecule has 2 aliphatic heterocycles. The number of thioether (sulfide) groups is 1. The molecule has 1 atom stereocenters. The van der Waals surface area contributed by atoms with Crippen LogP contribution in [0.4, 0.5) is 24.5 Å². The Kier molecular flexibility index (Phi) is 16.7. The third-order valence-corrected chi connectivity index (χ3v) is 17.9. The number of benzene rings is 4. The molecule has 17 heteroatoms. The molecule has 68 heavy (non-hydrogen) atoms. The maximum atomic E-state index is 14.3. The Bertz CT molecular complexity index is 2620. The Morgan fingerprint density at radius 1 is 0.853 bits per heavy atom. The van der Waals surface area contributed by atoms with Crippen molar-refractivity contribution in [3.63, 3.8) is 0 Å². The highest BCUT2D eigenvalue weighted by Gasteiger charge is 2.48. The first-order valence-corrected chi connectivity index (χ1v) is 27.7. The van der Waals surface area contributed by atoms with Gasteiger partial charge in [0.05, 0.1) is 10.6 Å². The van der Waals surface area contributed by atoms with Crippen molar-refractivity contribution >= 4 is 66.1 Å². The predicted molar refractivity (Wildman–Crippen MR) is 269 cm³/mol. The lowest BCUT2D eigenvalue weighted by Crippen LogP contribution is -2.47. The van der Waals surface area contributed by atoms with E-state index in [2.05, 4.69) is 59.8 Å². The zero-order valence-corrected chi connectivity index (χ0v) is 42.4. The summed E-state index contributed by atoms with van der Waals surface area (Å²) in [5, 5.41) is 3.77. The van der Waals surface area contributed by atoms with Crippen molar-refractivity contribution in [1.29, 1.82) is 0 Å². The summed E-state index contributed by atoms with van der Waals surface area (Å²) in [5.74, 6) is 0.583. The molecule has 1 unspecified atom stereocenters. The topological polar surface area (TPSA) is 119 Å². The zero-order chi connectivity index (χ0) is 48.9. The fourth-order valence-electron chi connectivity index (χ4n) is 9.51. The molecule has 10 nitrogen and oxygen atoms in total. The Balaban J connectivity index is 1.02. The number of nitrogens with one attached hydrogen (secondary N) is 2. The fourth-order valence-corrected chi connectivity index (χ4v) is 12.7. The van der Waals surface area contributed by atoms with E-state index < -0.39 is 47.1 Å². The molecule has 4 aromatic rings. The maximum Gasteiger partial charge on any atom is 0.501 e. The van der Waals surface area contributed by atoms with Gasteiger partial charge in [-0.1, -0.05) is 75.2 Å². The summed E-state index contributed by atoms with van der Waals surface area (Å²) in [6, 6.07) is 26.0. The Labute approximate surface area is 410 Å². The summed E-state index contributed by atoms with van der Waals surface area (Å²) in [6.45, 7) is 15.5. The van der Waals surface area contributed by atoms with Gasteiger partial charge in [0.25, 0.3) is 25.8 Å². The van der Waals surface area contributed by atoms with Crippen LogP contribution >= 0.6 is 23.4 Å². The minimum absolute atomic E-state index is 0.00570. The average molecular weight is 1010 g/mol. The summed E-state index contributed by atoms with van der Waals surface area (Å²) < 4.78 is 98.4. The van der Waals surface area contributed by atoms with Gasteiger partial charge in [-0.05, 0) is 147 Å². The number of anilines is 2. The van der Waals surface area contributed by atoms with Crippen molar-refractivity contribution in [1.82, 2.24) is 14.5 Å². The number of hydrogen-bond donors (Lipinski definition) is 2. The monoisotopic (exact) mass is 1010 g/mol. The van der Waals surface area contributed by atoms with E-state index in [4.69, 9.17) is 11.6 Å². The zero-order valence-electron chi connectivity index (χ0n) is 39.2. The van der Waals surface area contributed by atoms with Crippen molar-refractivity contribution in [2.45, 2.75) is 92.5 Å². The summed E-state index contributed by atoms with van der Waals surface area (Å²) in [4.78, 5) is 19.3. The molecule has 1 amide bonds. The number of piperidine rings is 1. The minimum Gasteiger partial charge on any atom is -0.380 e. The number of halogens is 4. The van der Waals surface area contributed by atoms with E-state index in [0.717, 1.165) is 101 Å². The molecule has 1 aliphatic carbocycles. The van der Waals surface area contributed by atoms with Gasteiger partial charge in [0.1, 0.15) is 4.90 Å². The number of carbonyl (C=O) groups excluding carboxylic acids is 1. The molecule has 0 spiro atoms. The summed E-state index contributed by atoms with van der Waals surface area (Å²) in [6.07, 6.45) is 5.74. The van der Waals surface area contributed by atoms with Crippen LogP contribution in [0.5, 0.6) is 0 Å². The van der Waals surface area contributed by atoms with Gasteiger partial charge in [-0.25, -0.2) is 21.6 Å². The van der Waals surface area contributed by atoms with Crippen LogP contribution in [0, 0.1) is 17.3 Å². The number of sulfonamides is 1. The smallest absolute Gasteiger partial charge is 0.380 e. The summed E-state index contributed by atoms with van der Waals surface area (Å²) in [5.41, 5.74) is -0.961. The number of rotatable bonds is 17. The first-order chi connectivity index (χ1) is 32.2. The predicted octanol–water partition coefficient (Wildman–Crippen LogP) is 10.9. The van der Waals surface area contributed by atoms with Gasteiger partial charge in [-0.2, -0.15) is 13.2 Å². The van der Waals surface area contributed by atoms with E-state index in [1.807, 2.05) is 47.2 Å². The number of allylic oxidation sites excluding steroid dienone is 1. The fraction of sp³-hybridized carbons (Fsp3) is 0.471. The van der Waals surface area contributed by atoms with Crippen LogP contribution in [0.3, 0.4) is 0 Å². The molecule has 0 saturated carbocycles. The van der Waals surface area contributed by atoms with Crippen molar-refractivity contribution in [2.24, 2.45) is 17.3 Å². The average Bonchev–Trinajstić information content (AvgIpc) is 3.30. The number of hydrogen-bond acceptors (Lipinski definition) is 10. The molecule has 2 heterocycles. The van der Waals surface area contributed by atoms with E-state index in [1.54, 1.807) is 12.1 Å². The number of sulfone groups is 1. The summed E-state index contributed by atoms with van der Waals surface area (Å²) in [7, 11) is -10.9. The lowest BCUT2D eigenvalue weighted by molar-refractivity contribution is -0.0435. The quantitative estimate of drug-likeness (QED) is 0.0990. The highest BCUT2D eigenvalue weighted by molar-refractivity contribution is 7.99. The van der Waals surface area contributed by atoms with Crippen molar-refractivity contribution in [3.8, 4) is 0 Å². The molecule has 3 aliphatic rings. The standard InChI is InChI=1S/C51H63ClF3N5O5S3/c1-36(2)37-21-25-58(26-22-37)27-23-42(35-66-44-8-6-5-7-9-44)56-47-19-18-45(32-48(47)67(62,63)51(53,54)55)68(64,65)57-49(61)39-12-16-43(17-13-39)60-30-28-59(29-31-60)34-40-33-50(3,4)24-20-46(40)38-10-14-41(52)15-11-38/h5-19,32,36-37,42,56H,20-31,33-35H2,1-4H3,(H,57,61). The SMILES string of the molecule is CC(C)C1CCN(CCC(CSc2ccccc2)Nc2ccc(S(=O)(=O)NC(=O)c3ccc(N4CCN(CC5=C(c6ccc(Cl)cc6)CCC(C)(C)C5)CC4)cc3)cc2S(=O)(=O)C(F)(F)F)CC1. The lowest BCUT2D eigenvalue weighted by Gasteiger charge is -2.39. The van der Waals surface area contributed by atoms with Gasteiger partial charge in [-0.3, -0.25) is 9.69 Å². The number of carbonyl (C=O) groups is 1. The first-order valence-electron chi connectivity index (χ1n) is 23.4. The summed E-state index contributed by atoms with van der Waals surface area (Å²) >= 11 is 7.67. The normalized spacial score (nSPS) is 18.5. The molecular weight excluding hydrogens is 951 g/mol. The van der Waals surface area contributed by atoms with Gasteiger partial charge < -0.3 is 15.1 Å². The van der Waals surface area contributed by atoms with Crippen LogP contribution in [0.15, 0.2) is 117 Å². The van der Waals surface area contributed by atoms with Gasteiger partial charge >= 0.3 is 5.51 Å². The number of alkyl halides is 3. The molecular formula is C51H63ClF3N5O5S3. The van der Waals surface area contributed by atoms with Gasteiger partial charge in [0, 0.05) is 72.2 Å². The highest BCUT2D eigenvalue weighted by Crippen LogP contribution is 2.43. The molecule has 4 aromatic carbocycles. The number of amides is 1. The molecule has 0 radical (unpaired) electrons. The lowest BCUT2D eigenvalue weighted by atomic mass is 9.73. The maximum absolute atomic E-state index is 14.3. The number of nitrogens with zero attached hydrogens (tertiary/aromatic N) is 3. The van der Waals surface area contributed by atoms with Crippen molar-refractivity contribution in [2.75, 3.05) is 68.3 Å². The van der Waals surface area contributed by atoms with E-state index in [0.29, 0.717) is 41.6 Å². The second-order valence-corrected chi connectivity index (χ2v) is 24.6. The van der Waals surface area contributed by atoms with E-state index in [1.165, 1.54) is 40.6 Å². The van der Waals surface area contributed by atoms with Crippen LogP contribution in [-0.4, -0.2) is 102 Å². The van der Waals surface area contributed by atoms with Gasteiger partial charge in [-0.15, -0.1) is 11.8 Å². The third kappa shape index (κ3) is 13.2. The van der Waals surface area contributed by atoms with Crippen LogP contribution < -0.4 is 14.9 Å². The second kappa shape index (κ2) is 21.9. The van der Waals surface area contributed by atoms with Crippen LogP contribution in [0.2, 0.25) is 5.02 Å².